The van der Waals surface area contributed by atoms with E-state index in [0.29, 0.717) is 6.79 Å². The lowest BCUT2D eigenvalue weighted by Gasteiger charge is -2.45. The van der Waals surface area contributed by atoms with Crippen molar-refractivity contribution >= 4 is 0 Å². The van der Waals surface area contributed by atoms with Gasteiger partial charge in [-0.1, -0.05) is 20.8 Å². The molecule has 2 heteroatoms. The summed E-state index contributed by atoms with van der Waals surface area (Å²) in [5.74, 6) is 0.755. The average molecular weight is 172 g/mol. The third kappa shape index (κ3) is 1.99. The molecule has 0 radical (unpaired) electrons. The Morgan fingerprint density at radius 1 is 1.08 bits per heavy atom. The van der Waals surface area contributed by atoms with Crippen LogP contribution in [0.3, 0.4) is 0 Å². The molecule has 0 bridgehead atoms. The van der Waals surface area contributed by atoms with E-state index in [4.69, 9.17) is 9.47 Å². The molecule has 2 fully saturated rings. The summed E-state index contributed by atoms with van der Waals surface area (Å²) in [6.45, 7) is 6.82. The Labute approximate surface area is 75.2 Å². The fourth-order valence-corrected chi connectivity index (χ4v) is 1.72. The normalized spacial score (nSPS) is 27.2. The lowest BCUT2D eigenvalue weighted by atomic mass is 9.86. The minimum Gasteiger partial charge on any atom is -0.324 e. The van der Waals surface area contributed by atoms with Gasteiger partial charge in [0.05, 0.1) is 0 Å². The minimum absolute atomic E-state index is 0.119. The molecule has 0 unspecified atom stereocenters. The van der Waals surface area contributed by atoms with Gasteiger partial charge in [-0.25, -0.2) is 0 Å². The smallest absolute Gasteiger partial charge is 0.174 e. The van der Waals surface area contributed by atoms with Crippen molar-refractivity contribution in [1.82, 2.24) is 0 Å². The maximum absolute atomic E-state index is 5.39. The number of hydrogen-bond acceptors (Lipinski definition) is 2. The fraction of sp³-hybridized carbons (Fsp3) is 1.00. The molecule has 72 valence electrons. The molecule has 1 aliphatic heterocycles. The molecule has 2 rings (SSSR count). The highest BCUT2D eigenvalue weighted by molar-refractivity contribution is 4.80. The van der Waals surface area contributed by atoms with Crippen molar-refractivity contribution in [1.29, 1.82) is 0 Å². The number of rotatable bonds is 0. The Bertz CT molecular complexity index is 120. The first-order chi connectivity index (χ1) is 5.81. The molecular formula is C10H20O2. The molecule has 0 aromatic carbocycles. The summed E-state index contributed by atoms with van der Waals surface area (Å²) < 4.78 is 10.8. The van der Waals surface area contributed by atoms with Gasteiger partial charge < -0.3 is 9.47 Å². The Morgan fingerprint density at radius 3 is 1.92 bits per heavy atom. The standard InChI is InChI=1S/C8H14O2.C2H6/c1-7-2-4-8(5-3-7)9-6-10-8;1-2/h7H,2-6H2,1H3;1-2H3. The quantitative estimate of drug-likeness (QED) is 0.559. The highest BCUT2D eigenvalue weighted by atomic mass is 16.9. The second-order valence-electron chi connectivity index (χ2n) is 3.50. The van der Waals surface area contributed by atoms with Crippen LogP contribution in [-0.4, -0.2) is 12.6 Å². The van der Waals surface area contributed by atoms with Crippen molar-refractivity contribution in [2.24, 2.45) is 5.92 Å². The molecule has 0 aromatic rings. The molecule has 0 N–H and O–H groups in total. The largest absolute Gasteiger partial charge is 0.324 e. The van der Waals surface area contributed by atoms with Crippen LogP contribution in [0, 0.1) is 5.92 Å². The molecular weight excluding hydrogens is 152 g/mol. The van der Waals surface area contributed by atoms with Crippen LogP contribution >= 0.6 is 0 Å². The summed E-state index contributed by atoms with van der Waals surface area (Å²) in [6.07, 6.45) is 4.74. The van der Waals surface area contributed by atoms with Crippen molar-refractivity contribution in [3.63, 3.8) is 0 Å². The molecule has 2 aliphatic rings. The first-order valence-electron chi connectivity index (χ1n) is 5.09. The van der Waals surface area contributed by atoms with Crippen molar-refractivity contribution in [3.05, 3.63) is 0 Å². The van der Waals surface area contributed by atoms with E-state index < -0.39 is 0 Å². The molecule has 0 amide bonds. The van der Waals surface area contributed by atoms with Gasteiger partial charge in [-0.05, 0) is 18.8 Å². The first kappa shape index (κ1) is 10.0. The zero-order chi connectivity index (χ0) is 9.03. The van der Waals surface area contributed by atoms with E-state index in [0.717, 1.165) is 18.8 Å². The lowest BCUT2D eigenvalue weighted by molar-refractivity contribution is -0.408. The Hall–Kier alpha value is -0.0800. The number of ether oxygens (including phenoxy) is 2. The van der Waals surface area contributed by atoms with Crippen molar-refractivity contribution in [3.8, 4) is 0 Å². The van der Waals surface area contributed by atoms with Crippen LogP contribution in [0.25, 0.3) is 0 Å². The lowest BCUT2D eigenvalue weighted by Crippen LogP contribution is -2.48. The summed E-state index contributed by atoms with van der Waals surface area (Å²) in [5.41, 5.74) is 0. The maximum atomic E-state index is 5.39. The second-order valence-corrected chi connectivity index (χ2v) is 3.50. The Kier molecular flexibility index (Phi) is 3.53. The summed E-state index contributed by atoms with van der Waals surface area (Å²) in [4.78, 5) is 0. The molecule has 0 aromatic heterocycles. The van der Waals surface area contributed by atoms with E-state index in [9.17, 15) is 0 Å². The Balaban J connectivity index is 0.000000336. The van der Waals surface area contributed by atoms with E-state index in [1.165, 1.54) is 12.8 Å². The van der Waals surface area contributed by atoms with Crippen molar-refractivity contribution < 1.29 is 9.47 Å². The van der Waals surface area contributed by atoms with Gasteiger partial charge in [0.15, 0.2) is 12.6 Å². The topological polar surface area (TPSA) is 18.5 Å². The second kappa shape index (κ2) is 4.24. The van der Waals surface area contributed by atoms with Gasteiger partial charge in [0, 0.05) is 12.8 Å². The van der Waals surface area contributed by atoms with Crippen LogP contribution in [0.5, 0.6) is 0 Å². The molecule has 12 heavy (non-hydrogen) atoms. The van der Waals surface area contributed by atoms with Crippen LogP contribution in [0.4, 0.5) is 0 Å². The summed E-state index contributed by atoms with van der Waals surface area (Å²) in [7, 11) is 0. The van der Waals surface area contributed by atoms with Gasteiger partial charge >= 0.3 is 0 Å². The van der Waals surface area contributed by atoms with Crippen LogP contribution in [0.2, 0.25) is 0 Å². The molecule has 1 spiro atoms. The number of hydrogen-bond donors (Lipinski definition) is 0. The van der Waals surface area contributed by atoms with E-state index >= 15 is 0 Å². The zero-order valence-corrected chi connectivity index (χ0v) is 8.43. The summed E-state index contributed by atoms with van der Waals surface area (Å²) in [6, 6.07) is 0. The van der Waals surface area contributed by atoms with Gasteiger partial charge in [-0.15, -0.1) is 0 Å². The molecule has 0 atom stereocenters. The highest BCUT2D eigenvalue weighted by Crippen LogP contribution is 2.39. The van der Waals surface area contributed by atoms with E-state index in [1.54, 1.807) is 0 Å². The van der Waals surface area contributed by atoms with Gasteiger partial charge in [-0.2, -0.15) is 0 Å². The predicted molar refractivity (Wildman–Crippen MR) is 48.7 cm³/mol. The van der Waals surface area contributed by atoms with Crippen molar-refractivity contribution in [2.75, 3.05) is 6.79 Å². The van der Waals surface area contributed by atoms with Gasteiger partial charge in [0.1, 0.15) is 0 Å². The summed E-state index contributed by atoms with van der Waals surface area (Å²) >= 11 is 0. The SMILES string of the molecule is CC.CC1CCC2(CC1)OCO2. The molecule has 1 aliphatic carbocycles. The maximum Gasteiger partial charge on any atom is 0.174 e. The fourth-order valence-electron chi connectivity index (χ4n) is 1.72. The van der Waals surface area contributed by atoms with Crippen molar-refractivity contribution in [2.45, 2.75) is 52.2 Å². The molecule has 1 saturated carbocycles. The van der Waals surface area contributed by atoms with Crippen LogP contribution in [0.15, 0.2) is 0 Å². The average Bonchev–Trinajstić information content (AvgIpc) is 2.07. The minimum atomic E-state index is -0.119. The Morgan fingerprint density at radius 2 is 1.58 bits per heavy atom. The molecule has 2 nitrogen and oxygen atoms in total. The third-order valence-electron chi connectivity index (χ3n) is 2.68. The first-order valence-corrected chi connectivity index (χ1v) is 5.09. The van der Waals surface area contributed by atoms with Gasteiger partial charge in [-0.3, -0.25) is 0 Å². The predicted octanol–water partition coefficient (Wildman–Crippen LogP) is 2.92. The monoisotopic (exact) mass is 172 g/mol. The van der Waals surface area contributed by atoms with E-state index in [-0.39, 0.29) is 5.79 Å². The highest BCUT2D eigenvalue weighted by Gasteiger charge is 2.42. The van der Waals surface area contributed by atoms with E-state index in [2.05, 4.69) is 6.92 Å². The van der Waals surface area contributed by atoms with E-state index in [1.807, 2.05) is 13.8 Å². The third-order valence-corrected chi connectivity index (χ3v) is 2.68. The molecule has 1 saturated heterocycles. The summed E-state index contributed by atoms with van der Waals surface area (Å²) in [5, 5.41) is 0. The van der Waals surface area contributed by atoms with Gasteiger partial charge in [0.2, 0.25) is 0 Å². The van der Waals surface area contributed by atoms with Crippen LogP contribution < -0.4 is 0 Å². The van der Waals surface area contributed by atoms with Crippen LogP contribution in [0.1, 0.15) is 46.5 Å². The zero-order valence-electron chi connectivity index (χ0n) is 8.43. The molecule has 1 heterocycles. The van der Waals surface area contributed by atoms with Crippen LogP contribution in [-0.2, 0) is 9.47 Å². The van der Waals surface area contributed by atoms with Gasteiger partial charge in [0.25, 0.3) is 0 Å².